The van der Waals surface area contributed by atoms with Crippen LogP contribution >= 0.6 is 34.4 Å². The quantitative estimate of drug-likeness (QED) is 0.428. The normalized spacial score (nSPS) is 11.4. The smallest absolute Gasteiger partial charge is 0.257 e. The molecule has 4 rings (SSSR count). The monoisotopic (exact) mass is 373 g/mol. The van der Waals surface area contributed by atoms with E-state index in [1.165, 1.54) is 15.1 Å². The number of thioether (sulfide) groups is 1. The number of aromatic nitrogens is 3. The van der Waals surface area contributed by atoms with Crippen LogP contribution in [-0.2, 0) is 12.2 Å². The van der Waals surface area contributed by atoms with E-state index in [1.54, 1.807) is 34.4 Å². The number of nitrogens with zero attached hydrogens (tertiary/aromatic N) is 3. The average molecular weight is 374 g/mol. The molecule has 4 aromatic rings. The van der Waals surface area contributed by atoms with Gasteiger partial charge in [-0.1, -0.05) is 30.8 Å². The number of fused-ring (bicyclic) bond motifs is 1. The maximum atomic E-state index is 5.82. The van der Waals surface area contributed by atoms with Crippen LogP contribution in [0.25, 0.3) is 21.0 Å². The Morgan fingerprint density at radius 3 is 2.83 bits per heavy atom. The van der Waals surface area contributed by atoms with Gasteiger partial charge in [-0.3, -0.25) is 0 Å². The number of hydrogen-bond acceptors (Lipinski definition) is 7. The molecule has 0 aliphatic carbocycles. The molecule has 1 aromatic carbocycles. The predicted molar refractivity (Wildman–Crippen MR) is 101 cm³/mol. The van der Waals surface area contributed by atoms with Crippen molar-refractivity contribution in [2.75, 3.05) is 0 Å². The van der Waals surface area contributed by atoms with Crippen LogP contribution < -0.4 is 0 Å². The molecule has 0 radical (unpaired) electrons. The molecule has 3 aromatic heterocycles. The summed E-state index contributed by atoms with van der Waals surface area (Å²) in [4.78, 5) is 7.03. The highest BCUT2D eigenvalue weighted by molar-refractivity contribution is 8.00. The molecule has 0 N–H and O–H groups in total. The summed E-state index contributed by atoms with van der Waals surface area (Å²) < 4.78 is 8.05. The lowest BCUT2D eigenvalue weighted by Crippen LogP contribution is -1.79. The van der Waals surface area contributed by atoms with Crippen molar-refractivity contribution >= 4 is 44.7 Å². The molecule has 0 bridgehead atoms. The molecule has 4 nitrogen and oxygen atoms in total. The molecule has 122 valence electrons. The molecule has 3 heterocycles. The van der Waals surface area contributed by atoms with Crippen molar-refractivity contribution in [3.05, 3.63) is 46.7 Å². The summed E-state index contributed by atoms with van der Waals surface area (Å²) in [6, 6.07) is 10.3. The van der Waals surface area contributed by atoms with Crippen LogP contribution in [0.3, 0.4) is 0 Å². The third-order valence-corrected chi connectivity index (χ3v) is 7.15. The molecule has 0 aliphatic rings. The Bertz CT molecular complexity index is 953. The van der Waals surface area contributed by atoms with Gasteiger partial charge < -0.3 is 4.42 Å². The Kier molecular flexibility index (Phi) is 4.39. The van der Waals surface area contributed by atoms with Crippen molar-refractivity contribution in [3.63, 3.8) is 0 Å². The molecular formula is C17H15N3OS3. The van der Waals surface area contributed by atoms with Gasteiger partial charge in [0.05, 0.1) is 20.8 Å². The van der Waals surface area contributed by atoms with E-state index in [9.17, 15) is 0 Å². The third-order valence-electron chi connectivity index (χ3n) is 3.61. The Morgan fingerprint density at radius 2 is 2.04 bits per heavy atom. The van der Waals surface area contributed by atoms with Gasteiger partial charge in [0.15, 0.2) is 4.34 Å². The second-order valence-electron chi connectivity index (χ2n) is 5.31. The number of benzene rings is 1. The fraction of sp³-hybridized carbons (Fsp3) is 0.235. The molecule has 0 aliphatic heterocycles. The molecule has 24 heavy (non-hydrogen) atoms. The van der Waals surface area contributed by atoms with Gasteiger partial charge in [-0.05, 0) is 37.1 Å². The number of thiazole rings is 1. The van der Waals surface area contributed by atoms with Crippen LogP contribution in [0.2, 0.25) is 0 Å². The summed E-state index contributed by atoms with van der Waals surface area (Å²) in [5.41, 5.74) is 2.33. The first kappa shape index (κ1) is 15.8. The fourth-order valence-electron chi connectivity index (χ4n) is 2.42. The number of para-hydroxylation sites is 1. The average Bonchev–Trinajstić information content (AvgIpc) is 3.30. The van der Waals surface area contributed by atoms with E-state index in [0.29, 0.717) is 17.5 Å². The van der Waals surface area contributed by atoms with Gasteiger partial charge in [0.1, 0.15) is 0 Å². The number of thiophene rings is 1. The lowest BCUT2D eigenvalue weighted by Gasteiger charge is -1.91. The van der Waals surface area contributed by atoms with Crippen LogP contribution in [-0.4, -0.2) is 15.2 Å². The molecule has 0 amide bonds. The van der Waals surface area contributed by atoms with E-state index in [0.717, 1.165) is 21.2 Å². The van der Waals surface area contributed by atoms with Crippen molar-refractivity contribution in [2.45, 2.75) is 30.4 Å². The summed E-state index contributed by atoms with van der Waals surface area (Å²) >= 11 is 5.06. The van der Waals surface area contributed by atoms with Gasteiger partial charge in [0.2, 0.25) is 5.89 Å². The topological polar surface area (TPSA) is 51.8 Å². The van der Waals surface area contributed by atoms with Gasteiger partial charge >= 0.3 is 0 Å². The highest BCUT2D eigenvalue weighted by Crippen LogP contribution is 2.33. The van der Waals surface area contributed by atoms with Gasteiger partial charge in [-0.25, -0.2) is 4.98 Å². The highest BCUT2D eigenvalue weighted by atomic mass is 32.2. The molecule has 0 fully saturated rings. The first-order valence-corrected chi connectivity index (χ1v) is 10.2. The summed E-state index contributed by atoms with van der Waals surface area (Å²) in [5, 5.41) is 8.37. The standard InChI is InChI=1S/C17H15N3OS3/c1-3-12-10(2)8-14(23-12)16-20-19-15(21-16)9-22-17-18-11-6-4-5-7-13(11)24-17/h4-8H,3,9H2,1-2H3. The Morgan fingerprint density at radius 1 is 1.17 bits per heavy atom. The predicted octanol–water partition coefficient (Wildman–Crippen LogP) is 5.57. The molecule has 0 saturated carbocycles. The zero-order valence-electron chi connectivity index (χ0n) is 13.3. The maximum Gasteiger partial charge on any atom is 0.257 e. The summed E-state index contributed by atoms with van der Waals surface area (Å²) in [6.45, 7) is 4.29. The van der Waals surface area contributed by atoms with Crippen LogP contribution in [0.5, 0.6) is 0 Å². The molecule has 0 spiro atoms. The summed E-state index contributed by atoms with van der Waals surface area (Å²) in [6.07, 6.45) is 1.03. The third kappa shape index (κ3) is 3.11. The van der Waals surface area contributed by atoms with E-state index in [2.05, 4.69) is 41.2 Å². The Hall–Kier alpha value is -1.70. The SMILES string of the molecule is CCc1sc(-c2nnc(CSc3nc4ccccc4s3)o2)cc1C. The molecule has 0 unspecified atom stereocenters. The van der Waals surface area contributed by atoms with Gasteiger partial charge in [-0.15, -0.1) is 32.9 Å². The zero-order chi connectivity index (χ0) is 16.5. The van der Waals surface area contributed by atoms with E-state index >= 15 is 0 Å². The van der Waals surface area contributed by atoms with Crippen molar-refractivity contribution in [2.24, 2.45) is 0 Å². The fourth-order valence-corrected chi connectivity index (χ4v) is 5.36. The molecule has 7 heteroatoms. The highest BCUT2D eigenvalue weighted by Gasteiger charge is 2.14. The second kappa shape index (κ2) is 6.66. The van der Waals surface area contributed by atoms with Crippen LogP contribution in [0.1, 0.15) is 23.3 Å². The Balaban J connectivity index is 1.48. The van der Waals surface area contributed by atoms with E-state index in [1.807, 2.05) is 18.2 Å². The maximum absolute atomic E-state index is 5.82. The molecule has 0 saturated heterocycles. The van der Waals surface area contributed by atoms with Gasteiger partial charge in [-0.2, -0.15) is 0 Å². The first-order chi connectivity index (χ1) is 11.7. The zero-order valence-corrected chi connectivity index (χ0v) is 15.7. The summed E-state index contributed by atoms with van der Waals surface area (Å²) in [7, 11) is 0. The minimum absolute atomic E-state index is 0.614. The van der Waals surface area contributed by atoms with Crippen molar-refractivity contribution < 1.29 is 4.42 Å². The second-order valence-corrected chi connectivity index (χ2v) is 8.70. The minimum Gasteiger partial charge on any atom is -0.419 e. The van der Waals surface area contributed by atoms with Crippen molar-refractivity contribution in [1.29, 1.82) is 0 Å². The van der Waals surface area contributed by atoms with Gasteiger partial charge in [0.25, 0.3) is 5.89 Å². The first-order valence-electron chi connectivity index (χ1n) is 7.63. The van der Waals surface area contributed by atoms with Crippen molar-refractivity contribution in [1.82, 2.24) is 15.2 Å². The summed E-state index contributed by atoms with van der Waals surface area (Å²) in [5.74, 6) is 1.89. The van der Waals surface area contributed by atoms with Gasteiger partial charge in [0, 0.05) is 4.88 Å². The van der Waals surface area contributed by atoms with E-state index in [4.69, 9.17) is 4.42 Å². The van der Waals surface area contributed by atoms with Crippen LogP contribution in [0.15, 0.2) is 39.1 Å². The largest absolute Gasteiger partial charge is 0.419 e. The minimum atomic E-state index is 0.614. The molecule has 0 atom stereocenters. The number of hydrogen-bond donors (Lipinski definition) is 0. The van der Waals surface area contributed by atoms with E-state index in [-0.39, 0.29) is 0 Å². The van der Waals surface area contributed by atoms with Crippen LogP contribution in [0.4, 0.5) is 0 Å². The molecular weight excluding hydrogens is 358 g/mol. The number of rotatable bonds is 5. The lowest BCUT2D eigenvalue weighted by molar-refractivity contribution is 0.529. The lowest BCUT2D eigenvalue weighted by atomic mass is 10.2. The van der Waals surface area contributed by atoms with E-state index < -0.39 is 0 Å². The van der Waals surface area contributed by atoms with Crippen LogP contribution in [0, 0.1) is 6.92 Å². The number of aryl methyl sites for hydroxylation is 2. The van der Waals surface area contributed by atoms with Crippen molar-refractivity contribution in [3.8, 4) is 10.8 Å². The Labute approximate surface area is 152 Å².